The molecule has 7 heteroatoms. The number of pyridine rings is 1. The van der Waals surface area contributed by atoms with Crippen molar-refractivity contribution in [3.8, 4) is 16.9 Å². The van der Waals surface area contributed by atoms with Crippen LogP contribution in [0.4, 0.5) is 0 Å². The standard InChI is InChI=1S/C19H18ClN3O3/c20-13-5-12(7-22-8-13)11-1-2-16-14(6-11)19(10-25-18(21)23-19)15-9-24-4-3-17(15)26-16/h1-2,5-8,15,17H,3-4,9-10H2,(H2,21,23)/t15-,17+,19-/m1/s1. The molecule has 0 bridgehead atoms. The van der Waals surface area contributed by atoms with E-state index in [4.69, 9.17) is 36.5 Å². The Balaban J connectivity index is 1.67. The third-order valence-electron chi connectivity index (χ3n) is 5.42. The molecule has 0 unspecified atom stereocenters. The number of rotatable bonds is 1. The van der Waals surface area contributed by atoms with Crippen LogP contribution in [0.1, 0.15) is 12.0 Å². The molecule has 1 saturated heterocycles. The molecule has 2 N–H and O–H groups in total. The van der Waals surface area contributed by atoms with E-state index in [0.717, 1.165) is 28.9 Å². The van der Waals surface area contributed by atoms with Gasteiger partial charge in [-0.05, 0) is 23.8 Å². The van der Waals surface area contributed by atoms with Crippen LogP contribution in [0.3, 0.4) is 0 Å². The van der Waals surface area contributed by atoms with E-state index < -0.39 is 5.54 Å². The molecule has 26 heavy (non-hydrogen) atoms. The fourth-order valence-corrected chi connectivity index (χ4v) is 4.33. The molecule has 1 aromatic carbocycles. The SMILES string of the molecule is NC1=N[C@]2(CO1)c1cc(-c3cncc(Cl)c3)ccc1O[C@H]1CCOC[C@H]12. The Morgan fingerprint density at radius 1 is 1.19 bits per heavy atom. The van der Waals surface area contributed by atoms with Gasteiger partial charge in [0.05, 0.1) is 24.2 Å². The molecule has 1 aromatic heterocycles. The first-order valence-corrected chi connectivity index (χ1v) is 9.01. The average Bonchev–Trinajstić information content (AvgIpc) is 3.04. The fraction of sp³-hybridized carbons (Fsp3) is 0.368. The highest BCUT2D eigenvalue weighted by Gasteiger charge is 2.54. The van der Waals surface area contributed by atoms with Gasteiger partial charge in [-0.3, -0.25) is 4.98 Å². The first-order chi connectivity index (χ1) is 12.7. The van der Waals surface area contributed by atoms with Crippen molar-refractivity contribution in [2.75, 3.05) is 19.8 Å². The summed E-state index contributed by atoms with van der Waals surface area (Å²) in [5.41, 5.74) is 8.24. The lowest BCUT2D eigenvalue weighted by molar-refractivity contribution is -0.0726. The van der Waals surface area contributed by atoms with Gasteiger partial charge in [0.1, 0.15) is 24.0 Å². The van der Waals surface area contributed by atoms with Gasteiger partial charge in [0.15, 0.2) is 0 Å². The van der Waals surface area contributed by atoms with Gasteiger partial charge in [0.2, 0.25) is 0 Å². The van der Waals surface area contributed by atoms with Crippen molar-refractivity contribution in [1.82, 2.24) is 4.98 Å². The predicted molar refractivity (Wildman–Crippen MR) is 97.3 cm³/mol. The maximum absolute atomic E-state index is 6.29. The highest BCUT2D eigenvalue weighted by molar-refractivity contribution is 6.30. The minimum Gasteiger partial charge on any atom is -0.489 e. The normalized spacial score (nSPS) is 29.3. The summed E-state index contributed by atoms with van der Waals surface area (Å²) in [6.07, 6.45) is 4.29. The first kappa shape index (κ1) is 15.9. The second-order valence-corrected chi connectivity index (χ2v) is 7.33. The molecule has 134 valence electrons. The number of amidine groups is 1. The fourth-order valence-electron chi connectivity index (χ4n) is 4.16. The van der Waals surface area contributed by atoms with Gasteiger partial charge >= 0.3 is 0 Å². The largest absolute Gasteiger partial charge is 0.489 e. The number of hydrogen-bond donors (Lipinski definition) is 1. The molecule has 3 aliphatic rings. The molecule has 0 aliphatic carbocycles. The Labute approximate surface area is 155 Å². The minimum atomic E-state index is -0.579. The van der Waals surface area contributed by atoms with Crippen LogP contribution >= 0.6 is 11.6 Å². The van der Waals surface area contributed by atoms with Gasteiger partial charge in [-0.2, -0.15) is 0 Å². The monoisotopic (exact) mass is 371 g/mol. The number of fused-ring (bicyclic) bond motifs is 4. The molecule has 0 radical (unpaired) electrons. The van der Waals surface area contributed by atoms with Crippen LogP contribution in [0, 0.1) is 5.92 Å². The predicted octanol–water partition coefficient (Wildman–Crippen LogP) is 2.74. The Bertz CT molecular complexity index is 903. The Morgan fingerprint density at radius 3 is 2.92 bits per heavy atom. The number of halogens is 1. The summed E-state index contributed by atoms with van der Waals surface area (Å²) in [5.74, 6) is 0.895. The summed E-state index contributed by atoms with van der Waals surface area (Å²) in [7, 11) is 0. The number of nitrogens with two attached hydrogens (primary N) is 1. The van der Waals surface area contributed by atoms with Gasteiger partial charge in [-0.25, -0.2) is 4.99 Å². The van der Waals surface area contributed by atoms with Crippen molar-refractivity contribution in [3.63, 3.8) is 0 Å². The molecular formula is C19H18ClN3O3. The zero-order valence-corrected chi connectivity index (χ0v) is 14.8. The molecule has 1 fully saturated rings. The molecule has 0 amide bonds. The van der Waals surface area contributed by atoms with E-state index in [1.165, 1.54) is 0 Å². The third-order valence-corrected chi connectivity index (χ3v) is 5.63. The first-order valence-electron chi connectivity index (χ1n) is 8.64. The molecule has 0 saturated carbocycles. The van der Waals surface area contributed by atoms with E-state index >= 15 is 0 Å². The number of aromatic nitrogens is 1. The van der Waals surface area contributed by atoms with E-state index in [2.05, 4.69) is 11.1 Å². The summed E-state index contributed by atoms with van der Waals surface area (Å²) < 4.78 is 17.6. The van der Waals surface area contributed by atoms with Crippen LogP contribution in [0.2, 0.25) is 5.02 Å². The lowest BCUT2D eigenvalue weighted by atomic mass is 9.72. The zero-order valence-electron chi connectivity index (χ0n) is 14.0. The molecule has 5 rings (SSSR count). The summed E-state index contributed by atoms with van der Waals surface area (Å²) in [5, 5.41) is 0.596. The number of ether oxygens (including phenoxy) is 3. The summed E-state index contributed by atoms with van der Waals surface area (Å²) >= 11 is 6.11. The van der Waals surface area contributed by atoms with Crippen molar-refractivity contribution in [1.29, 1.82) is 0 Å². The number of benzene rings is 1. The van der Waals surface area contributed by atoms with Crippen LogP contribution < -0.4 is 10.5 Å². The molecule has 3 aliphatic heterocycles. The van der Waals surface area contributed by atoms with Crippen molar-refractivity contribution in [3.05, 3.63) is 47.2 Å². The molecule has 4 heterocycles. The van der Waals surface area contributed by atoms with Crippen LogP contribution in [0.25, 0.3) is 11.1 Å². The molecule has 2 aromatic rings. The van der Waals surface area contributed by atoms with Crippen molar-refractivity contribution in [2.24, 2.45) is 16.6 Å². The second-order valence-electron chi connectivity index (χ2n) is 6.89. The highest BCUT2D eigenvalue weighted by atomic mass is 35.5. The van der Waals surface area contributed by atoms with E-state index in [0.29, 0.717) is 24.8 Å². The lowest BCUT2D eigenvalue weighted by Crippen LogP contribution is -2.52. The second kappa shape index (κ2) is 5.86. The quantitative estimate of drug-likeness (QED) is 0.833. The Hall–Kier alpha value is -2.31. The summed E-state index contributed by atoms with van der Waals surface area (Å²) in [6, 6.07) is 8.20. The molecule has 1 spiro atoms. The van der Waals surface area contributed by atoms with Crippen molar-refractivity contribution in [2.45, 2.75) is 18.1 Å². The Kier molecular flexibility index (Phi) is 3.58. The van der Waals surface area contributed by atoms with Crippen LogP contribution in [-0.4, -0.2) is 36.9 Å². The van der Waals surface area contributed by atoms with E-state index in [-0.39, 0.29) is 18.0 Å². The molecule has 6 nitrogen and oxygen atoms in total. The minimum absolute atomic E-state index is 0.0492. The van der Waals surface area contributed by atoms with Gasteiger partial charge in [0.25, 0.3) is 6.02 Å². The van der Waals surface area contributed by atoms with Gasteiger partial charge in [0, 0.05) is 29.9 Å². The lowest BCUT2D eigenvalue weighted by Gasteiger charge is -2.45. The summed E-state index contributed by atoms with van der Waals surface area (Å²) in [4.78, 5) is 8.91. The highest BCUT2D eigenvalue weighted by Crippen LogP contribution is 2.50. The van der Waals surface area contributed by atoms with Crippen molar-refractivity contribution >= 4 is 17.6 Å². The van der Waals surface area contributed by atoms with Crippen LogP contribution in [-0.2, 0) is 15.0 Å². The molecular weight excluding hydrogens is 354 g/mol. The summed E-state index contributed by atoms with van der Waals surface area (Å²) in [6.45, 7) is 1.67. The smallest absolute Gasteiger partial charge is 0.283 e. The van der Waals surface area contributed by atoms with Gasteiger partial charge in [-0.1, -0.05) is 17.7 Å². The average molecular weight is 372 g/mol. The zero-order chi connectivity index (χ0) is 17.7. The maximum atomic E-state index is 6.29. The number of aliphatic imine (C=N–C) groups is 1. The number of nitrogens with zero attached hydrogens (tertiary/aromatic N) is 2. The molecule has 3 atom stereocenters. The Morgan fingerprint density at radius 2 is 2.12 bits per heavy atom. The van der Waals surface area contributed by atoms with Gasteiger partial charge in [-0.15, -0.1) is 0 Å². The topological polar surface area (TPSA) is 79.0 Å². The van der Waals surface area contributed by atoms with E-state index in [1.54, 1.807) is 12.4 Å². The number of hydrogen-bond acceptors (Lipinski definition) is 6. The van der Waals surface area contributed by atoms with Crippen LogP contribution in [0.15, 0.2) is 41.7 Å². The van der Waals surface area contributed by atoms with Crippen molar-refractivity contribution < 1.29 is 14.2 Å². The van der Waals surface area contributed by atoms with Gasteiger partial charge < -0.3 is 19.9 Å². The van der Waals surface area contributed by atoms with E-state index in [9.17, 15) is 0 Å². The third kappa shape index (κ3) is 2.36. The maximum Gasteiger partial charge on any atom is 0.283 e. The van der Waals surface area contributed by atoms with Crippen LogP contribution in [0.5, 0.6) is 5.75 Å². The van der Waals surface area contributed by atoms with E-state index in [1.807, 2.05) is 18.2 Å².